The predicted octanol–water partition coefficient (Wildman–Crippen LogP) is 3.57. The third-order valence-electron chi connectivity index (χ3n) is 3.62. The van der Waals surface area contributed by atoms with Crippen LogP contribution >= 0.6 is 24.0 Å². The largest absolute Gasteiger partial charge is 0.507 e. The number of carbonyl (C=O) groups excluding carboxylic acids is 1. The van der Waals surface area contributed by atoms with Crippen molar-refractivity contribution in [3.63, 3.8) is 0 Å². The molecule has 1 aliphatic rings. The van der Waals surface area contributed by atoms with E-state index in [0.29, 0.717) is 20.5 Å². The number of benzene rings is 2. The number of non-ortho nitro benzene ring substituents is 1. The molecule has 0 aliphatic carbocycles. The molecule has 0 unspecified atom stereocenters. The van der Waals surface area contributed by atoms with Crippen LogP contribution in [0.15, 0.2) is 53.4 Å². The molecule has 2 aromatic carbocycles. The van der Waals surface area contributed by atoms with Gasteiger partial charge in [0.15, 0.2) is 0 Å². The molecular weight excluding hydrogens is 374 g/mol. The zero-order valence-corrected chi connectivity index (χ0v) is 14.9. The second-order valence-corrected chi connectivity index (χ2v) is 6.98. The molecule has 1 saturated heterocycles. The minimum absolute atomic E-state index is 0.00763. The van der Waals surface area contributed by atoms with E-state index in [-0.39, 0.29) is 24.0 Å². The Hall–Kier alpha value is -2.91. The first-order chi connectivity index (χ1) is 12.5. The molecule has 1 aliphatic heterocycles. The Morgan fingerprint density at radius 1 is 1.23 bits per heavy atom. The van der Waals surface area contributed by atoms with E-state index in [1.165, 1.54) is 17.0 Å². The van der Waals surface area contributed by atoms with Gasteiger partial charge in [-0.2, -0.15) is 0 Å². The van der Waals surface area contributed by atoms with Crippen molar-refractivity contribution in [1.29, 1.82) is 0 Å². The summed E-state index contributed by atoms with van der Waals surface area (Å²) in [5, 5.41) is 23.5. The number of amides is 1. The molecule has 0 atom stereocenters. The average molecular weight is 387 g/mol. The summed E-state index contributed by atoms with van der Waals surface area (Å²) >= 11 is 6.40. The molecule has 0 radical (unpaired) electrons. The number of phenolic OH excluding ortho intramolecular Hbond substituents is 1. The number of phenols is 1. The summed E-state index contributed by atoms with van der Waals surface area (Å²) in [6.07, 6.45) is 1.60. The number of thioether (sulfide) groups is 1. The van der Waals surface area contributed by atoms with E-state index in [0.717, 1.165) is 11.8 Å². The van der Waals surface area contributed by atoms with Crippen molar-refractivity contribution >= 4 is 51.7 Å². The average Bonchev–Trinajstić information content (AvgIpc) is 2.89. The molecule has 1 amide bonds. The number of thiocarbonyl (C=S) groups is 1. The fraction of sp³-hybridized carbons (Fsp3) is 0.0588. The fourth-order valence-corrected chi connectivity index (χ4v) is 3.50. The number of para-hydroxylation sites is 1. The predicted molar refractivity (Wildman–Crippen MR) is 105 cm³/mol. The highest BCUT2D eigenvalue weighted by Gasteiger charge is 2.31. The van der Waals surface area contributed by atoms with Crippen molar-refractivity contribution in [3.05, 3.63) is 69.1 Å². The van der Waals surface area contributed by atoms with E-state index < -0.39 is 4.92 Å². The molecule has 2 aromatic rings. The van der Waals surface area contributed by atoms with Crippen LogP contribution in [0, 0.1) is 10.1 Å². The molecular formula is C17H13N3O4S2. The van der Waals surface area contributed by atoms with Gasteiger partial charge < -0.3 is 10.4 Å². The molecule has 0 saturated carbocycles. The Balaban J connectivity index is 1.69. The zero-order valence-electron chi connectivity index (χ0n) is 13.3. The molecule has 9 heteroatoms. The van der Waals surface area contributed by atoms with Crippen LogP contribution in [0.5, 0.6) is 5.75 Å². The van der Waals surface area contributed by atoms with E-state index >= 15 is 0 Å². The minimum Gasteiger partial charge on any atom is -0.507 e. The number of hydrogen-bond donors (Lipinski definition) is 2. The second-order valence-electron chi connectivity index (χ2n) is 5.31. The van der Waals surface area contributed by atoms with Gasteiger partial charge in [0.25, 0.3) is 11.6 Å². The van der Waals surface area contributed by atoms with Crippen LogP contribution in [0.1, 0.15) is 5.56 Å². The number of anilines is 1. The zero-order chi connectivity index (χ0) is 18.7. The van der Waals surface area contributed by atoms with Gasteiger partial charge in [-0.1, -0.05) is 42.2 Å². The number of nitro groups is 1. The van der Waals surface area contributed by atoms with E-state index in [9.17, 15) is 20.0 Å². The highest BCUT2D eigenvalue weighted by Crippen LogP contribution is 2.33. The van der Waals surface area contributed by atoms with Gasteiger partial charge in [-0.15, -0.1) is 0 Å². The van der Waals surface area contributed by atoms with Crippen molar-refractivity contribution in [2.45, 2.75) is 0 Å². The Morgan fingerprint density at radius 2 is 1.92 bits per heavy atom. The highest BCUT2D eigenvalue weighted by molar-refractivity contribution is 8.26. The van der Waals surface area contributed by atoms with Crippen molar-refractivity contribution in [3.8, 4) is 5.75 Å². The summed E-state index contributed by atoms with van der Waals surface area (Å²) < 4.78 is 0.395. The Kier molecular flexibility index (Phi) is 5.19. The van der Waals surface area contributed by atoms with Gasteiger partial charge in [0.2, 0.25) is 0 Å². The quantitative estimate of drug-likeness (QED) is 0.350. The van der Waals surface area contributed by atoms with Crippen LogP contribution < -0.4 is 5.32 Å². The normalized spacial score (nSPS) is 15.5. The lowest BCUT2D eigenvalue weighted by molar-refractivity contribution is -0.384. The van der Waals surface area contributed by atoms with Crippen LogP contribution in [0.2, 0.25) is 0 Å². The summed E-state index contributed by atoms with van der Waals surface area (Å²) in [5.41, 5.74) is 1.16. The molecule has 3 rings (SSSR count). The summed E-state index contributed by atoms with van der Waals surface area (Å²) in [5.74, 6) is -0.181. The molecule has 132 valence electrons. The third-order valence-corrected chi connectivity index (χ3v) is 4.99. The Morgan fingerprint density at radius 3 is 2.58 bits per heavy atom. The van der Waals surface area contributed by atoms with E-state index in [4.69, 9.17) is 12.2 Å². The lowest BCUT2D eigenvalue weighted by Gasteiger charge is -2.16. The van der Waals surface area contributed by atoms with Crippen LogP contribution in [0.4, 0.5) is 11.4 Å². The second kappa shape index (κ2) is 7.54. The maximum Gasteiger partial charge on any atom is 0.269 e. The number of nitro benzene ring substituents is 1. The first kappa shape index (κ1) is 17.9. The minimum atomic E-state index is -0.477. The van der Waals surface area contributed by atoms with Crippen molar-refractivity contribution < 1.29 is 14.8 Å². The number of aromatic hydroxyl groups is 1. The number of rotatable bonds is 5. The van der Waals surface area contributed by atoms with Crippen LogP contribution in [-0.2, 0) is 4.79 Å². The van der Waals surface area contributed by atoms with Gasteiger partial charge in [-0.3, -0.25) is 19.8 Å². The van der Waals surface area contributed by atoms with Gasteiger partial charge in [-0.05, 0) is 24.3 Å². The first-order valence-electron chi connectivity index (χ1n) is 7.47. The maximum absolute atomic E-state index is 12.5. The van der Waals surface area contributed by atoms with Gasteiger partial charge in [0.1, 0.15) is 10.1 Å². The molecule has 0 spiro atoms. The fourth-order valence-electron chi connectivity index (χ4n) is 2.26. The molecule has 1 fully saturated rings. The highest BCUT2D eigenvalue weighted by atomic mass is 32.2. The van der Waals surface area contributed by atoms with Crippen LogP contribution in [-0.4, -0.2) is 31.8 Å². The van der Waals surface area contributed by atoms with Crippen molar-refractivity contribution in [1.82, 2.24) is 4.90 Å². The number of nitrogens with zero attached hydrogens (tertiary/aromatic N) is 2. The third kappa shape index (κ3) is 3.84. The topological polar surface area (TPSA) is 95.7 Å². The molecule has 0 bridgehead atoms. The monoisotopic (exact) mass is 387 g/mol. The summed E-state index contributed by atoms with van der Waals surface area (Å²) in [6.45, 7) is 0.139. The van der Waals surface area contributed by atoms with E-state index in [2.05, 4.69) is 5.32 Å². The Labute approximate surface area is 158 Å². The molecule has 7 nitrogen and oxygen atoms in total. The van der Waals surface area contributed by atoms with Gasteiger partial charge in [0, 0.05) is 23.4 Å². The summed E-state index contributed by atoms with van der Waals surface area (Å²) in [6, 6.07) is 12.6. The molecule has 2 N–H and O–H groups in total. The lowest BCUT2D eigenvalue weighted by Crippen LogP contribution is -2.33. The van der Waals surface area contributed by atoms with Gasteiger partial charge in [0.05, 0.1) is 16.5 Å². The van der Waals surface area contributed by atoms with Crippen molar-refractivity contribution in [2.75, 3.05) is 12.0 Å². The van der Waals surface area contributed by atoms with Crippen LogP contribution in [0.3, 0.4) is 0 Å². The standard InChI is InChI=1S/C17H13N3O4S2/c21-14-4-2-1-3-11(14)9-15-16(22)19(17(25)26-15)10-18-12-5-7-13(8-6-12)20(23)24/h1-9,18,21H,10H2/b15-9-. The van der Waals surface area contributed by atoms with Gasteiger partial charge >= 0.3 is 0 Å². The molecule has 0 aromatic heterocycles. The SMILES string of the molecule is O=C1/C(=C/c2ccccc2O)SC(=S)N1CNc1ccc([N+](=O)[O-])cc1. The van der Waals surface area contributed by atoms with Crippen molar-refractivity contribution in [2.24, 2.45) is 0 Å². The Bertz CT molecular complexity index is 912. The van der Waals surface area contributed by atoms with E-state index in [1.807, 2.05) is 0 Å². The maximum atomic E-state index is 12.5. The molecule has 26 heavy (non-hydrogen) atoms. The first-order valence-corrected chi connectivity index (χ1v) is 8.70. The summed E-state index contributed by atoms with van der Waals surface area (Å²) in [7, 11) is 0. The number of nitrogens with one attached hydrogen (secondary N) is 1. The van der Waals surface area contributed by atoms with E-state index in [1.54, 1.807) is 42.5 Å². The number of carbonyl (C=O) groups is 1. The summed E-state index contributed by atoms with van der Waals surface area (Å²) in [4.78, 5) is 24.5. The smallest absolute Gasteiger partial charge is 0.269 e. The van der Waals surface area contributed by atoms with Gasteiger partial charge in [-0.25, -0.2) is 0 Å². The molecule has 1 heterocycles. The van der Waals surface area contributed by atoms with Crippen LogP contribution in [0.25, 0.3) is 6.08 Å². The lowest BCUT2D eigenvalue weighted by atomic mass is 10.2. The number of hydrogen-bond acceptors (Lipinski definition) is 7.